The Morgan fingerprint density at radius 1 is 0.400 bits per heavy atom. The minimum absolute atomic E-state index is 0.0360. The highest BCUT2D eigenvalue weighted by molar-refractivity contribution is 5.76. The molecule has 2 atom stereocenters. The lowest BCUT2D eigenvalue weighted by molar-refractivity contribution is -0.143. The number of ether oxygens (including phenoxy) is 1. The highest BCUT2D eigenvalue weighted by Crippen LogP contribution is 2.17. The van der Waals surface area contributed by atoms with E-state index in [9.17, 15) is 19.8 Å². The molecule has 0 fully saturated rings. The third-order valence-electron chi connectivity index (χ3n) is 14.4. The van der Waals surface area contributed by atoms with Crippen LogP contribution in [0.3, 0.4) is 0 Å². The number of nitrogens with one attached hydrogen (secondary N) is 1. The van der Waals surface area contributed by atoms with Crippen LogP contribution in [0.2, 0.25) is 0 Å². The maximum absolute atomic E-state index is 12.5. The zero-order valence-electron chi connectivity index (χ0n) is 47.0. The van der Waals surface area contributed by atoms with Gasteiger partial charge in [-0.05, 0) is 51.4 Å². The molecule has 0 aromatic heterocycles. The lowest BCUT2D eigenvalue weighted by Gasteiger charge is -2.20. The van der Waals surface area contributed by atoms with Crippen LogP contribution in [-0.2, 0) is 14.3 Å². The van der Waals surface area contributed by atoms with Crippen molar-refractivity contribution in [2.24, 2.45) is 0 Å². The number of unbranched alkanes of at least 4 members (excludes halogenated alkanes) is 43. The smallest absolute Gasteiger partial charge is 0.305 e. The molecule has 0 saturated carbocycles. The van der Waals surface area contributed by atoms with Gasteiger partial charge in [-0.2, -0.15) is 0 Å². The lowest BCUT2D eigenvalue weighted by atomic mass is 10.0. The fourth-order valence-electron chi connectivity index (χ4n) is 9.65. The molecule has 3 N–H and O–H groups in total. The summed E-state index contributed by atoms with van der Waals surface area (Å²) in [5.74, 6) is -0.106. The van der Waals surface area contributed by atoms with Crippen LogP contribution < -0.4 is 5.32 Å². The molecule has 0 saturated heterocycles. The molecular weight excluding hydrogens is 863 g/mol. The first kappa shape index (κ1) is 68.1. The molecule has 0 rings (SSSR count). The molecular formula is C64H121NO5. The van der Waals surface area contributed by atoms with Crippen molar-refractivity contribution in [2.45, 2.75) is 347 Å². The van der Waals surface area contributed by atoms with Gasteiger partial charge in [-0.15, -0.1) is 0 Å². The van der Waals surface area contributed by atoms with E-state index in [1.54, 1.807) is 6.08 Å². The number of carbonyl (C=O) groups excluding carboxylic acids is 2. The Balaban J connectivity index is 3.49. The summed E-state index contributed by atoms with van der Waals surface area (Å²) in [5.41, 5.74) is 0. The normalized spacial score (nSPS) is 12.8. The monoisotopic (exact) mass is 984 g/mol. The summed E-state index contributed by atoms with van der Waals surface area (Å²) < 4.78 is 5.40. The number of rotatable bonds is 58. The summed E-state index contributed by atoms with van der Waals surface area (Å²) in [4.78, 5) is 24.5. The summed E-state index contributed by atoms with van der Waals surface area (Å²) in [6, 6.07) is -0.633. The third kappa shape index (κ3) is 55.4. The van der Waals surface area contributed by atoms with Crippen LogP contribution >= 0.6 is 0 Å². The lowest BCUT2D eigenvalue weighted by Crippen LogP contribution is -2.45. The Morgan fingerprint density at radius 2 is 0.714 bits per heavy atom. The molecule has 0 radical (unpaired) electrons. The van der Waals surface area contributed by atoms with Crippen molar-refractivity contribution < 1.29 is 24.5 Å². The fourth-order valence-corrected chi connectivity index (χ4v) is 9.65. The Bertz CT molecular complexity index is 1130. The van der Waals surface area contributed by atoms with E-state index in [0.717, 1.165) is 51.4 Å². The standard InChI is InChI=1S/C64H121NO5/c1-3-5-7-9-11-13-15-16-17-18-19-21-24-27-30-33-37-40-44-48-52-56-62(67)61(60-66)65-63(68)57-53-49-45-41-38-34-31-28-25-22-20-23-26-29-32-35-39-43-47-51-55-59-70-64(69)58-54-50-46-42-36-14-12-10-8-6-4-2/h35,39,47,51-52,56,61-62,66-67H,3-34,36-38,40-46,48-50,53-55,57-60H2,1-2H3,(H,65,68)/b39-35-,51-47-,56-52+. The Morgan fingerprint density at radius 3 is 1.09 bits per heavy atom. The van der Waals surface area contributed by atoms with Gasteiger partial charge in [0.15, 0.2) is 0 Å². The van der Waals surface area contributed by atoms with E-state index in [0.29, 0.717) is 19.4 Å². The first-order valence-electron chi connectivity index (χ1n) is 31.3. The Kier molecular flexibility index (Phi) is 58.0. The average molecular weight is 985 g/mol. The van der Waals surface area contributed by atoms with Gasteiger partial charge in [-0.1, -0.05) is 307 Å². The van der Waals surface area contributed by atoms with E-state index in [1.165, 1.54) is 257 Å². The van der Waals surface area contributed by atoms with Crippen LogP contribution in [0.25, 0.3) is 0 Å². The fraction of sp³-hybridized carbons (Fsp3) is 0.875. The number of allylic oxidation sites excluding steroid dienone is 4. The number of carbonyl (C=O) groups is 2. The van der Waals surface area contributed by atoms with Gasteiger partial charge in [0.1, 0.15) is 0 Å². The highest BCUT2D eigenvalue weighted by Gasteiger charge is 2.18. The Hall–Kier alpha value is -1.92. The molecule has 0 bridgehead atoms. The number of esters is 1. The highest BCUT2D eigenvalue weighted by atomic mass is 16.5. The van der Waals surface area contributed by atoms with E-state index >= 15 is 0 Å². The predicted octanol–water partition coefficient (Wildman–Crippen LogP) is 19.6. The SMILES string of the molecule is CCCCCCCCCCCCCCCCCCCCC/C=C/C(O)C(CO)NC(=O)CCCCCCCCCCCCCCCC/C=C\C/C=C\CCOC(=O)CCCCCCCCCCCCC. The largest absolute Gasteiger partial charge is 0.465 e. The van der Waals surface area contributed by atoms with Gasteiger partial charge < -0.3 is 20.3 Å². The number of hydrogen-bond acceptors (Lipinski definition) is 5. The summed E-state index contributed by atoms with van der Waals surface area (Å²) in [6.07, 6.45) is 74.9. The van der Waals surface area contributed by atoms with Crippen molar-refractivity contribution in [3.63, 3.8) is 0 Å². The van der Waals surface area contributed by atoms with Crippen molar-refractivity contribution in [1.82, 2.24) is 5.32 Å². The molecule has 0 aromatic carbocycles. The van der Waals surface area contributed by atoms with Crippen molar-refractivity contribution in [2.75, 3.05) is 13.2 Å². The maximum Gasteiger partial charge on any atom is 0.305 e. The van der Waals surface area contributed by atoms with Gasteiger partial charge in [-0.3, -0.25) is 9.59 Å². The van der Waals surface area contributed by atoms with Gasteiger partial charge in [0.2, 0.25) is 5.91 Å². The zero-order chi connectivity index (χ0) is 50.7. The first-order valence-corrected chi connectivity index (χ1v) is 31.3. The van der Waals surface area contributed by atoms with Crippen LogP contribution in [-0.4, -0.2) is 47.4 Å². The van der Waals surface area contributed by atoms with Crippen LogP contribution in [0.5, 0.6) is 0 Å². The summed E-state index contributed by atoms with van der Waals surface area (Å²) in [5, 5.41) is 23.2. The summed E-state index contributed by atoms with van der Waals surface area (Å²) in [6.45, 7) is 4.81. The van der Waals surface area contributed by atoms with Crippen LogP contribution in [0.15, 0.2) is 36.5 Å². The predicted molar refractivity (Wildman–Crippen MR) is 306 cm³/mol. The minimum atomic E-state index is -0.849. The van der Waals surface area contributed by atoms with E-state index in [2.05, 4.69) is 43.5 Å². The second-order valence-corrected chi connectivity index (χ2v) is 21.4. The van der Waals surface area contributed by atoms with Crippen LogP contribution in [0, 0.1) is 0 Å². The zero-order valence-corrected chi connectivity index (χ0v) is 47.0. The van der Waals surface area contributed by atoms with E-state index < -0.39 is 12.1 Å². The van der Waals surface area contributed by atoms with Crippen molar-refractivity contribution in [3.05, 3.63) is 36.5 Å². The second-order valence-electron chi connectivity index (χ2n) is 21.4. The molecule has 412 valence electrons. The Labute approximate surface area is 436 Å². The van der Waals surface area contributed by atoms with Crippen LogP contribution in [0.4, 0.5) is 0 Å². The summed E-state index contributed by atoms with van der Waals surface area (Å²) >= 11 is 0. The molecule has 0 aliphatic carbocycles. The number of hydrogen-bond donors (Lipinski definition) is 3. The van der Waals surface area contributed by atoms with E-state index in [1.807, 2.05) is 6.08 Å². The number of aliphatic hydroxyl groups excluding tert-OH is 2. The van der Waals surface area contributed by atoms with Gasteiger partial charge >= 0.3 is 5.97 Å². The third-order valence-corrected chi connectivity index (χ3v) is 14.4. The molecule has 1 amide bonds. The van der Waals surface area contributed by atoms with Gasteiger partial charge in [-0.25, -0.2) is 0 Å². The minimum Gasteiger partial charge on any atom is -0.465 e. The number of amides is 1. The topological polar surface area (TPSA) is 95.9 Å². The molecule has 0 heterocycles. The molecule has 0 aliphatic heterocycles. The quantitative estimate of drug-likeness (QED) is 0.0321. The molecule has 6 heteroatoms. The van der Waals surface area contributed by atoms with Crippen molar-refractivity contribution in [1.29, 1.82) is 0 Å². The first-order chi connectivity index (χ1) is 34.5. The van der Waals surface area contributed by atoms with Crippen LogP contribution in [0.1, 0.15) is 335 Å². The molecule has 70 heavy (non-hydrogen) atoms. The molecule has 6 nitrogen and oxygen atoms in total. The van der Waals surface area contributed by atoms with Gasteiger partial charge in [0.05, 0.1) is 25.4 Å². The molecule has 0 aliphatic rings. The second kappa shape index (κ2) is 59.6. The maximum atomic E-state index is 12.5. The molecule has 2 unspecified atom stereocenters. The summed E-state index contributed by atoms with van der Waals surface area (Å²) in [7, 11) is 0. The average Bonchev–Trinajstić information content (AvgIpc) is 3.36. The van der Waals surface area contributed by atoms with E-state index in [4.69, 9.17) is 4.74 Å². The van der Waals surface area contributed by atoms with Gasteiger partial charge in [0.25, 0.3) is 0 Å². The van der Waals surface area contributed by atoms with Crippen molar-refractivity contribution in [3.8, 4) is 0 Å². The van der Waals surface area contributed by atoms with Gasteiger partial charge in [0, 0.05) is 12.8 Å². The molecule has 0 spiro atoms. The van der Waals surface area contributed by atoms with E-state index in [-0.39, 0.29) is 18.5 Å². The van der Waals surface area contributed by atoms with Crippen molar-refractivity contribution >= 4 is 11.9 Å². The molecule has 0 aromatic rings. The number of aliphatic hydroxyl groups is 2.